The molecule has 0 N–H and O–H groups in total. The highest BCUT2D eigenvalue weighted by Crippen LogP contribution is 2.37. The van der Waals surface area contributed by atoms with E-state index < -0.39 is 35.6 Å². The third-order valence-electron chi connectivity index (χ3n) is 2.40. The molecule has 0 fully saturated rings. The lowest BCUT2D eigenvalue weighted by Crippen LogP contribution is -2.34. The Morgan fingerprint density at radius 3 is 2.35 bits per heavy atom. The topological polar surface area (TPSA) is 26.3 Å². The normalized spacial score (nSPS) is 12.3. The van der Waals surface area contributed by atoms with Crippen molar-refractivity contribution in [3.8, 4) is 0 Å². The molecule has 1 aromatic rings. The number of hydrogen-bond acceptors (Lipinski definition) is 2. The van der Waals surface area contributed by atoms with Gasteiger partial charge in [-0.15, -0.1) is 0 Å². The highest BCUT2D eigenvalue weighted by molar-refractivity contribution is 9.10. The van der Waals surface area contributed by atoms with Crippen LogP contribution < -0.4 is 0 Å². The van der Waals surface area contributed by atoms with Crippen molar-refractivity contribution >= 4 is 21.9 Å². The third kappa shape index (κ3) is 3.91. The van der Waals surface area contributed by atoms with Gasteiger partial charge in [-0.1, -0.05) is 22.0 Å². The predicted octanol–water partition coefficient (Wildman–Crippen LogP) is 4.21. The van der Waals surface area contributed by atoms with Crippen LogP contribution in [0.5, 0.6) is 0 Å². The van der Waals surface area contributed by atoms with Gasteiger partial charge in [-0.25, -0.2) is 4.79 Å². The van der Waals surface area contributed by atoms with Crippen LogP contribution in [0.1, 0.15) is 18.1 Å². The number of rotatable bonds is 4. The average molecular weight is 361 g/mol. The van der Waals surface area contributed by atoms with Crippen molar-refractivity contribution in [3.63, 3.8) is 0 Å². The first-order valence-electron chi connectivity index (χ1n) is 5.49. The Morgan fingerprint density at radius 1 is 1.25 bits per heavy atom. The summed E-state index contributed by atoms with van der Waals surface area (Å²) in [7, 11) is 0. The minimum atomic E-state index is -4.79. The molecule has 0 spiro atoms. The summed E-state index contributed by atoms with van der Waals surface area (Å²) in [6.07, 6.45) is -6.17. The monoisotopic (exact) mass is 360 g/mol. The summed E-state index contributed by atoms with van der Waals surface area (Å²) < 4.78 is 69.5. The van der Waals surface area contributed by atoms with E-state index in [0.717, 1.165) is 6.07 Å². The number of ether oxygens (including phenoxy) is 1. The number of carbonyl (C=O) groups is 1. The number of esters is 1. The Bertz CT molecular complexity index is 499. The summed E-state index contributed by atoms with van der Waals surface area (Å²) >= 11 is 2.79. The van der Waals surface area contributed by atoms with Gasteiger partial charge in [0.2, 0.25) is 0 Å². The van der Waals surface area contributed by atoms with Gasteiger partial charge in [-0.3, -0.25) is 0 Å². The molecule has 112 valence electrons. The summed E-state index contributed by atoms with van der Waals surface area (Å²) in [6.45, 7) is 1.05. The van der Waals surface area contributed by atoms with Crippen LogP contribution in [0.3, 0.4) is 0 Å². The summed E-state index contributed by atoms with van der Waals surface area (Å²) in [5, 5.41) is 0. The minimum Gasteiger partial charge on any atom is -0.462 e. The number of alkyl halides is 5. The molecule has 0 heterocycles. The first-order chi connectivity index (χ1) is 9.09. The van der Waals surface area contributed by atoms with Crippen molar-refractivity contribution in [1.82, 2.24) is 0 Å². The van der Waals surface area contributed by atoms with E-state index in [9.17, 15) is 26.7 Å². The second-order valence-corrected chi connectivity index (χ2v) is 4.72. The van der Waals surface area contributed by atoms with Gasteiger partial charge in [-0.05, 0) is 24.6 Å². The van der Waals surface area contributed by atoms with E-state index >= 15 is 0 Å². The zero-order chi connectivity index (χ0) is 15.6. The standard InChI is InChI=1S/C12H10BrF5O2/c1-2-20-10(19)11(14,15)6-7-8(12(16,17)18)4-3-5-9(7)13/h3-5H,2,6H2,1H3. The van der Waals surface area contributed by atoms with Crippen molar-refractivity contribution in [2.75, 3.05) is 6.61 Å². The van der Waals surface area contributed by atoms with Crippen molar-refractivity contribution in [1.29, 1.82) is 0 Å². The zero-order valence-electron chi connectivity index (χ0n) is 10.2. The van der Waals surface area contributed by atoms with Crippen LogP contribution in [-0.4, -0.2) is 18.5 Å². The van der Waals surface area contributed by atoms with E-state index in [1.807, 2.05) is 0 Å². The predicted molar refractivity (Wildman–Crippen MR) is 64.4 cm³/mol. The molecule has 0 aliphatic rings. The maximum absolute atomic E-state index is 13.6. The number of benzene rings is 1. The molecule has 2 nitrogen and oxygen atoms in total. The van der Waals surface area contributed by atoms with Crippen molar-refractivity contribution in [2.24, 2.45) is 0 Å². The van der Waals surface area contributed by atoms with Gasteiger partial charge in [0.15, 0.2) is 0 Å². The molecule has 0 aromatic heterocycles. The van der Waals surface area contributed by atoms with Crippen LogP contribution in [0.4, 0.5) is 22.0 Å². The highest BCUT2D eigenvalue weighted by atomic mass is 79.9. The molecule has 1 aromatic carbocycles. The quantitative estimate of drug-likeness (QED) is 0.593. The fourth-order valence-corrected chi connectivity index (χ4v) is 2.04. The van der Waals surface area contributed by atoms with E-state index in [1.54, 1.807) is 0 Å². The second-order valence-electron chi connectivity index (χ2n) is 3.87. The van der Waals surface area contributed by atoms with Crippen molar-refractivity contribution in [3.05, 3.63) is 33.8 Å². The average Bonchev–Trinajstić information content (AvgIpc) is 2.30. The Labute approximate surface area is 120 Å². The Hall–Kier alpha value is -1.18. The van der Waals surface area contributed by atoms with Crippen LogP contribution in [0.25, 0.3) is 0 Å². The molecule has 8 heteroatoms. The first kappa shape index (κ1) is 16.9. The van der Waals surface area contributed by atoms with E-state index in [4.69, 9.17) is 0 Å². The van der Waals surface area contributed by atoms with Gasteiger partial charge in [0, 0.05) is 10.9 Å². The van der Waals surface area contributed by atoms with Gasteiger partial charge < -0.3 is 4.74 Å². The summed E-state index contributed by atoms with van der Waals surface area (Å²) in [5.41, 5.74) is -1.89. The maximum Gasteiger partial charge on any atom is 0.416 e. The van der Waals surface area contributed by atoms with Crippen molar-refractivity contribution in [2.45, 2.75) is 25.4 Å². The smallest absolute Gasteiger partial charge is 0.416 e. The molecule has 0 radical (unpaired) electrons. The Balaban J connectivity index is 3.18. The Kier molecular flexibility index (Phi) is 5.12. The molecule has 1 rings (SSSR count). The molecule has 20 heavy (non-hydrogen) atoms. The minimum absolute atomic E-state index is 0.142. The number of carbonyl (C=O) groups excluding carboxylic acids is 1. The lowest BCUT2D eigenvalue weighted by molar-refractivity contribution is -0.171. The van der Waals surface area contributed by atoms with Crippen molar-refractivity contribution < 1.29 is 31.5 Å². The summed E-state index contributed by atoms with van der Waals surface area (Å²) in [5.74, 6) is -5.87. The van der Waals surface area contributed by atoms with E-state index in [0.29, 0.717) is 6.07 Å². The molecule has 0 aliphatic carbocycles. The fraction of sp³-hybridized carbons (Fsp3) is 0.417. The largest absolute Gasteiger partial charge is 0.462 e. The molecule has 0 aliphatic heterocycles. The maximum atomic E-state index is 13.6. The van der Waals surface area contributed by atoms with Gasteiger partial charge in [0.1, 0.15) is 0 Å². The van der Waals surface area contributed by atoms with Gasteiger partial charge >= 0.3 is 18.1 Å². The van der Waals surface area contributed by atoms with Crippen LogP contribution in [0.15, 0.2) is 22.7 Å². The molecule has 0 saturated carbocycles. The van der Waals surface area contributed by atoms with Gasteiger partial charge in [0.25, 0.3) is 0 Å². The SMILES string of the molecule is CCOC(=O)C(F)(F)Cc1c(Br)cccc1C(F)(F)F. The third-order valence-corrected chi connectivity index (χ3v) is 3.14. The van der Waals surface area contributed by atoms with Crippen LogP contribution in [0.2, 0.25) is 0 Å². The molecule has 0 atom stereocenters. The fourth-order valence-electron chi connectivity index (χ4n) is 1.53. The molecule has 0 saturated heterocycles. The molecular weight excluding hydrogens is 351 g/mol. The van der Waals surface area contributed by atoms with Crippen LogP contribution in [0, 0.1) is 0 Å². The van der Waals surface area contributed by atoms with Crippen LogP contribution in [-0.2, 0) is 22.1 Å². The number of hydrogen-bond donors (Lipinski definition) is 0. The number of halogens is 6. The molecular formula is C12H10BrF5O2. The second kappa shape index (κ2) is 6.07. The highest BCUT2D eigenvalue weighted by Gasteiger charge is 2.44. The van der Waals surface area contributed by atoms with Gasteiger partial charge in [0.05, 0.1) is 12.2 Å². The lowest BCUT2D eigenvalue weighted by atomic mass is 10.0. The summed E-state index contributed by atoms with van der Waals surface area (Å²) in [6, 6.07) is 2.96. The van der Waals surface area contributed by atoms with E-state index in [-0.39, 0.29) is 11.1 Å². The molecule has 0 unspecified atom stereocenters. The molecule has 0 bridgehead atoms. The molecule has 0 amide bonds. The summed E-state index contributed by atoms with van der Waals surface area (Å²) in [4.78, 5) is 11.1. The Morgan fingerprint density at radius 2 is 1.85 bits per heavy atom. The van der Waals surface area contributed by atoms with E-state index in [2.05, 4.69) is 20.7 Å². The van der Waals surface area contributed by atoms with Crippen LogP contribution >= 0.6 is 15.9 Å². The lowest BCUT2D eigenvalue weighted by Gasteiger charge is -2.19. The van der Waals surface area contributed by atoms with Gasteiger partial charge in [-0.2, -0.15) is 22.0 Å². The first-order valence-corrected chi connectivity index (χ1v) is 6.28. The zero-order valence-corrected chi connectivity index (χ0v) is 11.8. The van der Waals surface area contributed by atoms with E-state index in [1.165, 1.54) is 13.0 Å².